The number of piperazine rings is 1. The second-order valence-electron chi connectivity index (χ2n) is 8.48. The van der Waals surface area contributed by atoms with E-state index in [9.17, 15) is 4.79 Å². The van der Waals surface area contributed by atoms with Gasteiger partial charge in [0.1, 0.15) is 5.75 Å². The summed E-state index contributed by atoms with van der Waals surface area (Å²) in [6.07, 6.45) is 3.01. The van der Waals surface area contributed by atoms with Gasteiger partial charge in [0.2, 0.25) is 5.91 Å². The zero-order chi connectivity index (χ0) is 20.9. The second-order valence-corrected chi connectivity index (χ2v) is 9.31. The van der Waals surface area contributed by atoms with Gasteiger partial charge < -0.3 is 14.5 Å². The van der Waals surface area contributed by atoms with Gasteiger partial charge >= 0.3 is 0 Å². The van der Waals surface area contributed by atoms with E-state index < -0.39 is 0 Å². The molecule has 0 radical (unpaired) electrons. The lowest BCUT2D eigenvalue weighted by Gasteiger charge is -2.34. The van der Waals surface area contributed by atoms with Crippen molar-refractivity contribution in [3.05, 3.63) is 40.9 Å². The third-order valence-corrected chi connectivity index (χ3v) is 7.14. The summed E-state index contributed by atoms with van der Waals surface area (Å²) in [5.41, 5.74) is 2.18. The lowest BCUT2D eigenvalue weighted by atomic mass is 9.99. The standard InChI is InChI=1S/C23H32N4O2S/c1-18-6-8-25(9-7-18)16-20-17-30-23(24-20)27-12-10-26(11-13-27)22(28)15-19-4-3-5-21(14-19)29-2/h3-5,14,17-18H,6-13,15-16H2,1-2H3. The smallest absolute Gasteiger partial charge is 0.227 e. The number of aromatic nitrogens is 1. The third kappa shape index (κ3) is 5.32. The molecule has 2 saturated heterocycles. The molecule has 2 fully saturated rings. The zero-order valence-corrected chi connectivity index (χ0v) is 18.9. The van der Waals surface area contributed by atoms with Gasteiger partial charge in [-0.3, -0.25) is 9.69 Å². The molecule has 0 bridgehead atoms. The van der Waals surface area contributed by atoms with Gasteiger partial charge in [0.25, 0.3) is 0 Å². The fraction of sp³-hybridized carbons (Fsp3) is 0.565. The first-order valence-electron chi connectivity index (χ1n) is 10.9. The number of anilines is 1. The number of thiazole rings is 1. The molecule has 1 aromatic heterocycles. The molecule has 0 N–H and O–H groups in total. The summed E-state index contributed by atoms with van der Waals surface area (Å²) in [5.74, 6) is 1.83. The quantitative estimate of drug-likeness (QED) is 0.707. The van der Waals surface area contributed by atoms with Crippen LogP contribution in [0.5, 0.6) is 5.75 Å². The molecule has 0 saturated carbocycles. The number of piperidine rings is 1. The van der Waals surface area contributed by atoms with Gasteiger partial charge in [0.15, 0.2) is 5.13 Å². The highest BCUT2D eigenvalue weighted by atomic mass is 32.1. The number of hydrogen-bond acceptors (Lipinski definition) is 6. The van der Waals surface area contributed by atoms with E-state index in [2.05, 4.69) is 22.1 Å². The molecular formula is C23H32N4O2S. The van der Waals surface area contributed by atoms with Crippen LogP contribution >= 0.6 is 11.3 Å². The molecule has 30 heavy (non-hydrogen) atoms. The highest BCUT2D eigenvalue weighted by Gasteiger charge is 2.23. The second kappa shape index (κ2) is 9.79. The molecule has 2 aliphatic heterocycles. The number of nitrogens with zero attached hydrogens (tertiary/aromatic N) is 4. The van der Waals surface area contributed by atoms with Gasteiger partial charge in [-0.1, -0.05) is 19.1 Å². The van der Waals surface area contributed by atoms with E-state index in [4.69, 9.17) is 9.72 Å². The Balaban J connectivity index is 1.26. The number of carbonyl (C=O) groups is 1. The minimum absolute atomic E-state index is 0.182. The summed E-state index contributed by atoms with van der Waals surface area (Å²) in [5, 5.41) is 3.29. The zero-order valence-electron chi connectivity index (χ0n) is 18.0. The molecule has 1 amide bonds. The lowest BCUT2D eigenvalue weighted by Crippen LogP contribution is -2.49. The summed E-state index contributed by atoms with van der Waals surface area (Å²) in [6.45, 7) is 8.87. The van der Waals surface area contributed by atoms with E-state index >= 15 is 0 Å². The fourth-order valence-electron chi connectivity index (χ4n) is 4.18. The topological polar surface area (TPSA) is 48.9 Å². The third-order valence-electron chi connectivity index (χ3n) is 6.19. The van der Waals surface area contributed by atoms with E-state index in [0.717, 1.165) is 55.1 Å². The van der Waals surface area contributed by atoms with Crippen LogP contribution in [0, 0.1) is 5.92 Å². The predicted molar refractivity (Wildman–Crippen MR) is 121 cm³/mol. The molecule has 2 aromatic rings. The maximum atomic E-state index is 12.7. The van der Waals surface area contributed by atoms with Crippen molar-refractivity contribution >= 4 is 22.4 Å². The number of amides is 1. The average molecular weight is 429 g/mol. The van der Waals surface area contributed by atoms with Crippen molar-refractivity contribution in [3.8, 4) is 5.75 Å². The van der Waals surface area contributed by atoms with Crippen LogP contribution in [0.25, 0.3) is 0 Å². The van der Waals surface area contributed by atoms with Gasteiger partial charge in [0.05, 0.1) is 19.2 Å². The lowest BCUT2D eigenvalue weighted by molar-refractivity contribution is -0.130. The van der Waals surface area contributed by atoms with Crippen molar-refractivity contribution in [2.45, 2.75) is 32.7 Å². The number of likely N-dealkylation sites (tertiary alicyclic amines) is 1. The monoisotopic (exact) mass is 428 g/mol. The SMILES string of the molecule is COc1cccc(CC(=O)N2CCN(c3nc(CN4CCC(C)CC4)cs3)CC2)c1. The minimum atomic E-state index is 0.182. The van der Waals surface area contributed by atoms with Crippen molar-refractivity contribution in [2.24, 2.45) is 5.92 Å². The Bertz CT molecular complexity index is 839. The van der Waals surface area contributed by atoms with Gasteiger partial charge in [-0.05, 0) is 49.5 Å². The molecule has 1 aromatic carbocycles. The predicted octanol–water partition coefficient (Wildman–Crippen LogP) is 3.27. The van der Waals surface area contributed by atoms with Crippen LogP contribution in [0.4, 0.5) is 5.13 Å². The maximum absolute atomic E-state index is 12.7. The Labute approximate surface area is 183 Å². The largest absolute Gasteiger partial charge is 0.497 e. The van der Waals surface area contributed by atoms with Crippen molar-refractivity contribution in [1.82, 2.24) is 14.8 Å². The Hall–Kier alpha value is -2.12. The van der Waals surface area contributed by atoms with E-state index in [0.29, 0.717) is 6.42 Å². The first kappa shape index (κ1) is 21.1. The number of rotatable bonds is 6. The van der Waals surface area contributed by atoms with Crippen LogP contribution in [-0.4, -0.2) is 67.1 Å². The minimum Gasteiger partial charge on any atom is -0.497 e. The molecule has 0 spiro atoms. The van der Waals surface area contributed by atoms with Crippen molar-refractivity contribution in [2.75, 3.05) is 51.3 Å². The first-order chi connectivity index (χ1) is 14.6. The van der Waals surface area contributed by atoms with Crippen LogP contribution in [0.15, 0.2) is 29.6 Å². The summed E-state index contributed by atoms with van der Waals surface area (Å²) in [6, 6.07) is 7.76. The Morgan fingerprint density at radius 2 is 1.93 bits per heavy atom. The summed E-state index contributed by atoms with van der Waals surface area (Å²) in [4.78, 5) is 24.4. The highest BCUT2D eigenvalue weighted by Crippen LogP contribution is 2.24. The van der Waals surface area contributed by atoms with Crippen LogP contribution < -0.4 is 9.64 Å². The van der Waals surface area contributed by atoms with E-state index in [1.54, 1.807) is 18.4 Å². The Kier molecular flexibility index (Phi) is 6.89. The van der Waals surface area contributed by atoms with Crippen LogP contribution in [0.1, 0.15) is 31.0 Å². The Morgan fingerprint density at radius 1 is 1.17 bits per heavy atom. The maximum Gasteiger partial charge on any atom is 0.227 e. The van der Waals surface area contributed by atoms with Crippen molar-refractivity contribution in [1.29, 1.82) is 0 Å². The molecule has 0 unspecified atom stereocenters. The number of benzene rings is 1. The normalized spacial score (nSPS) is 18.6. The number of ether oxygens (including phenoxy) is 1. The van der Waals surface area contributed by atoms with E-state index in [1.807, 2.05) is 29.2 Å². The van der Waals surface area contributed by atoms with Gasteiger partial charge in [-0.25, -0.2) is 4.98 Å². The van der Waals surface area contributed by atoms with Crippen LogP contribution in [0.3, 0.4) is 0 Å². The van der Waals surface area contributed by atoms with E-state index in [-0.39, 0.29) is 5.91 Å². The van der Waals surface area contributed by atoms with Crippen molar-refractivity contribution in [3.63, 3.8) is 0 Å². The molecule has 4 rings (SSSR count). The van der Waals surface area contributed by atoms with Crippen molar-refractivity contribution < 1.29 is 9.53 Å². The molecular weight excluding hydrogens is 396 g/mol. The van der Waals surface area contributed by atoms with Gasteiger partial charge in [0, 0.05) is 38.1 Å². The molecule has 0 aliphatic carbocycles. The average Bonchev–Trinajstić information content (AvgIpc) is 3.24. The molecule has 3 heterocycles. The molecule has 162 valence electrons. The van der Waals surface area contributed by atoms with Crippen LogP contribution in [-0.2, 0) is 17.8 Å². The van der Waals surface area contributed by atoms with Crippen LogP contribution in [0.2, 0.25) is 0 Å². The molecule has 7 heteroatoms. The van der Waals surface area contributed by atoms with Gasteiger partial charge in [-0.2, -0.15) is 0 Å². The van der Waals surface area contributed by atoms with E-state index in [1.165, 1.54) is 31.6 Å². The Morgan fingerprint density at radius 3 is 2.67 bits per heavy atom. The number of methoxy groups -OCH3 is 1. The highest BCUT2D eigenvalue weighted by molar-refractivity contribution is 7.13. The molecule has 2 aliphatic rings. The fourth-order valence-corrected chi connectivity index (χ4v) is 5.05. The number of hydrogen-bond donors (Lipinski definition) is 0. The van der Waals surface area contributed by atoms with Gasteiger partial charge in [-0.15, -0.1) is 11.3 Å². The molecule has 0 atom stereocenters. The number of carbonyl (C=O) groups excluding carboxylic acids is 1. The first-order valence-corrected chi connectivity index (χ1v) is 11.8. The summed E-state index contributed by atoms with van der Waals surface area (Å²) >= 11 is 1.73. The summed E-state index contributed by atoms with van der Waals surface area (Å²) in [7, 11) is 1.65. The summed E-state index contributed by atoms with van der Waals surface area (Å²) < 4.78 is 5.26. The molecule has 6 nitrogen and oxygen atoms in total.